The van der Waals surface area contributed by atoms with E-state index in [0.717, 1.165) is 5.56 Å². The fourth-order valence-electron chi connectivity index (χ4n) is 3.84. The Labute approximate surface area is 214 Å². The Balaban J connectivity index is 1.60. The van der Waals surface area contributed by atoms with Gasteiger partial charge in [-0.2, -0.15) is 13.2 Å². The van der Waals surface area contributed by atoms with Gasteiger partial charge in [0.05, 0.1) is 12.2 Å². The number of halogens is 4. The van der Waals surface area contributed by atoms with Crippen molar-refractivity contribution in [3.8, 4) is 11.6 Å². The van der Waals surface area contributed by atoms with Crippen LogP contribution in [0.15, 0.2) is 48.5 Å². The Kier molecular flexibility index (Phi) is 8.26. The molecule has 1 fully saturated rings. The van der Waals surface area contributed by atoms with Crippen LogP contribution in [-0.4, -0.2) is 67.9 Å². The molecule has 4 rings (SSSR count). The first-order valence-electron chi connectivity index (χ1n) is 11.1. The molecule has 2 heterocycles. The van der Waals surface area contributed by atoms with Crippen molar-refractivity contribution in [1.82, 2.24) is 10.2 Å². The maximum absolute atomic E-state index is 13.8. The summed E-state index contributed by atoms with van der Waals surface area (Å²) in [4.78, 5) is 0. The molecule has 3 aromatic rings. The smallest absolute Gasteiger partial charge is 0.433 e. The van der Waals surface area contributed by atoms with E-state index in [4.69, 9.17) is 25.8 Å². The summed E-state index contributed by atoms with van der Waals surface area (Å²) in [5.74, 6) is -0.213. The van der Waals surface area contributed by atoms with Gasteiger partial charge in [-0.3, -0.25) is 5.10 Å². The molecule has 200 valence electrons. The summed E-state index contributed by atoms with van der Waals surface area (Å²) in [6.45, 7) is -0.593. The predicted octanol–water partition coefficient (Wildman–Crippen LogP) is 2.43. The molecule has 0 radical (unpaired) electrons. The van der Waals surface area contributed by atoms with E-state index in [1.54, 1.807) is 48.5 Å². The molecular formula is C24H24ClF3N2O7. The molecule has 0 amide bonds. The van der Waals surface area contributed by atoms with Crippen molar-refractivity contribution in [2.45, 2.75) is 49.9 Å². The lowest BCUT2D eigenvalue weighted by atomic mass is 9.99. The molecular weight excluding hydrogens is 521 g/mol. The fourth-order valence-corrected chi connectivity index (χ4v) is 3.97. The molecule has 0 spiro atoms. The summed E-state index contributed by atoms with van der Waals surface area (Å²) < 4.78 is 57.9. The van der Waals surface area contributed by atoms with Gasteiger partial charge in [-0.1, -0.05) is 41.9 Å². The molecule has 1 saturated heterocycles. The monoisotopic (exact) mass is 544 g/mol. The van der Waals surface area contributed by atoms with Crippen molar-refractivity contribution < 1.29 is 47.8 Å². The first-order chi connectivity index (χ1) is 17.6. The Bertz CT molecular complexity index is 1190. The normalized spacial score (nSPS) is 24.2. The number of hydrogen-bond acceptors (Lipinski definition) is 8. The van der Waals surface area contributed by atoms with Gasteiger partial charge in [0.2, 0.25) is 12.2 Å². The zero-order chi connectivity index (χ0) is 26.7. The van der Waals surface area contributed by atoms with E-state index in [1.165, 1.54) is 0 Å². The molecule has 1 aliphatic heterocycles. The number of rotatable bonds is 8. The Morgan fingerprint density at radius 2 is 1.70 bits per heavy atom. The number of hydrogen-bond donors (Lipinski definition) is 5. The van der Waals surface area contributed by atoms with Crippen molar-refractivity contribution in [3.63, 3.8) is 0 Å². The highest BCUT2D eigenvalue weighted by Crippen LogP contribution is 2.38. The number of aromatic amines is 1. The molecule has 0 saturated carbocycles. The minimum atomic E-state index is -4.82. The van der Waals surface area contributed by atoms with Crippen LogP contribution < -0.4 is 9.47 Å². The van der Waals surface area contributed by atoms with Gasteiger partial charge < -0.3 is 34.6 Å². The van der Waals surface area contributed by atoms with E-state index in [9.17, 15) is 33.6 Å². The Morgan fingerprint density at radius 3 is 2.38 bits per heavy atom. The van der Waals surface area contributed by atoms with Crippen LogP contribution in [0.25, 0.3) is 0 Å². The molecule has 1 aromatic heterocycles. The highest BCUT2D eigenvalue weighted by Gasteiger charge is 2.46. The van der Waals surface area contributed by atoms with Crippen LogP contribution in [0.1, 0.15) is 22.4 Å². The van der Waals surface area contributed by atoms with Gasteiger partial charge in [0, 0.05) is 11.4 Å². The van der Waals surface area contributed by atoms with Gasteiger partial charge in [0.15, 0.2) is 0 Å². The van der Waals surface area contributed by atoms with Crippen molar-refractivity contribution in [1.29, 1.82) is 0 Å². The number of nitrogens with one attached hydrogen (secondary N) is 1. The van der Waals surface area contributed by atoms with Crippen LogP contribution in [-0.2, 0) is 23.9 Å². The summed E-state index contributed by atoms with van der Waals surface area (Å²) >= 11 is 5.89. The number of benzene rings is 2. The maximum atomic E-state index is 13.8. The average Bonchev–Trinajstić information content (AvgIpc) is 3.27. The summed E-state index contributed by atoms with van der Waals surface area (Å²) in [5.41, 5.74) is -0.390. The molecule has 37 heavy (non-hydrogen) atoms. The number of ether oxygens (including phenoxy) is 3. The summed E-state index contributed by atoms with van der Waals surface area (Å²) in [6, 6.07) is 13.4. The van der Waals surface area contributed by atoms with E-state index in [-0.39, 0.29) is 13.0 Å². The minimum absolute atomic E-state index is 0.139. The lowest BCUT2D eigenvalue weighted by Gasteiger charge is -2.39. The number of H-pyrrole nitrogens is 1. The fraction of sp³-hybridized carbons (Fsp3) is 0.375. The zero-order valence-corrected chi connectivity index (χ0v) is 19.9. The number of nitrogens with zero attached hydrogens (tertiary/aromatic N) is 1. The molecule has 0 bridgehead atoms. The van der Waals surface area contributed by atoms with Crippen molar-refractivity contribution >= 4 is 11.6 Å². The molecule has 0 aliphatic carbocycles. The molecule has 2 aromatic carbocycles. The quantitative estimate of drug-likeness (QED) is 0.292. The second-order valence-corrected chi connectivity index (χ2v) is 8.83. The maximum Gasteiger partial charge on any atom is 0.433 e. The molecule has 1 aliphatic rings. The summed E-state index contributed by atoms with van der Waals surface area (Å²) in [5, 5.41) is 45.6. The molecule has 5 atom stereocenters. The second kappa shape index (κ2) is 11.3. The van der Waals surface area contributed by atoms with E-state index in [1.807, 2.05) is 5.10 Å². The third-order valence-electron chi connectivity index (χ3n) is 5.84. The number of aliphatic hydroxyl groups is 4. The van der Waals surface area contributed by atoms with Gasteiger partial charge in [-0.25, -0.2) is 0 Å². The highest BCUT2D eigenvalue weighted by atomic mass is 35.5. The van der Waals surface area contributed by atoms with E-state index in [2.05, 4.69) is 5.10 Å². The van der Waals surface area contributed by atoms with Crippen LogP contribution in [0.3, 0.4) is 0 Å². The standard InChI is InChI=1S/C24H24ClF3N2O7/c25-14-7-5-12(6-8-14)11-35-16-4-2-1-3-13(16)9-15-21(24(26,27)28)29-30-22(15)37-23-20(34)19(33)18(32)17(10-31)36-23/h1-8,17-20,23,31-34H,9-11H2,(H,29,30)/t17-,18-,19+,20-,23?/m1/s1. The third-order valence-corrected chi connectivity index (χ3v) is 6.09. The van der Waals surface area contributed by atoms with E-state index in [0.29, 0.717) is 16.3 Å². The zero-order valence-electron chi connectivity index (χ0n) is 19.1. The second-order valence-electron chi connectivity index (χ2n) is 8.39. The van der Waals surface area contributed by atoms with Crippen molar-refractivity contribution in [3.05, 3.63) is 75.9 Å². The van der Waals surface area contributed by atoms with Gasteiger partial charge in [0.25, 0.3) is 0 Å². The molecule has 9 nitrogen and oxygen atoms in total. The van der Waals surface area contributed by atoms with Crippen LogP contribution in [0, 0.1) is 0 Å². The van der Waals surface area contributed by atoms with Crippen LogP contribution in [0.4, 0.5) is 13.2 Å². The topological polar surface area (TPSA) is 137 Å². The van der Waals surface area contributed by atoms with Gasteiger partial charge in [-0.15, -0.1) is 5.10 Å². The molecule has 5 N–H and O–H groups in total. The van der Waals surface area contributed by atoms with Gasteiger partial charge in [0.1, 0.15) is 42.5 Å². The Hall–Kier alpha value is -2.87. The largest absolute Gasteiger partial charge is 0.489 e. The SMILES string of the molecule is OC[C@H]1OC(Oc2n[nH]c(C(F)(F)F)c2Cc2ccccc2OCc2ccc(Cl)cc2)[C@H](O)[C@@H](O)[C@@H]1O. The lowest BCUT2D eigenvalue weighted by molar-refractivity contribution is -0.278. The summed E-state index contributed by atoms with van der Waals surface area (Å²) in [6.07, 6.45) is -13.4. The number of alkyl halides is 3. The summed E-state index contributed by atoms with van der Waals surface area (Å²) in [7, 11) is 0. The first kappa shape index (κ1) is 27.2. The van der Waals surface area contributed by atoms with Crippen molar-refractivity contribution in [2.75, 3.05) is 6.61 Å². The van der Waals surface area contributed by atoms with Gasteiger partial charge in [-0.05, 0) is 29.3 Å². The van der Waals surface area contributed by atoms with E-state index < -0.39 is 60.6 Å². The number of para-hydroxylation sites is 1. The molecule has 1 unspecified atom stereocenters. The Morgan fingerprint density at radius 1 is 1.00 bits per heavy atom. The van der Waals surface area contributed by atoms with Crippen molar-refractivity contribution in [2.24, 2.45) is 0 Å². The lowest BCUT2D eigenvalue weighted by Crippen LogP contribution is -2.60. The molecule has 13 heteroatoms. The predicted molar refractivity (Wildman–Crippen MR) is 123 cm³/mol. The van der Waals surface area contributed by atoms with E-state index >= 15 is 0 Å². The highest BCUT2D eigenvalue weighted by molar-refractivity contribution is 6.30. The third kappa shape index (κ3) is 6.17. The number of aliphatic hydroxyl groups excluding tert-OH is 4. The van der Waals surface area contributed by atoms with Crippen LogP contribution in [0.5, 0.6) is 11.6 Å². The van der Waals surface area contributed by atoms with Crippen LogP contribution >= 0.6 is 11.6 Å². The first-order valence-corrected chi connectivity index (χ1v) is 11.5. The average molecular weight is 545 g/mol. The van der Waals surface area contributed by atoms with Crippen LogP contribution in [0.2, 0.25) is 5.02 Å². The minimum Gasteiger partial charge on any atom is -0.489 e. The van der Waals surface area contributed by atoms with Gasteiger partial charge >= 0.3 is 6.18 Å². The number of aromatic nitrogens is 2.